The highest BCUT2D eigenvalue weighted by molar-refractivity contribution is 9.11. The number of hydrogen-bond acceptors (Lipinski definition) is 7. The largest absolute Gasteiger partial charge is 0.455 e. The highest BCUT2D eigenvalue weighted by Gasteiger charge is 2.75. The molecule has 0 unspecified atom stereocenters. The van der Waals surface area contributed by atoms with Gasteiger partial charge in [0.15, 0.2) is 0 Å². The highest BCUT2D eigenvalue weighted by atomic mass is 79.9. The van der Waals surface area contributed by atoms with E-state index in [0.717, 1.165) is 5.56 Å². The summed E-state index contributed by atoms with van der Waals surface area (Å²) in [5, 5.41) is 13.8. The summed E-state index contributed by atoms with van der Waals surface area (Å²) in [7, 11) is 0. The van der Waals surface area contributed by atoms with Crippen molar-refractivity contribution < 1.29 is 33.8 Å². The summed E-state index contributed by atoms with van der Waals surface area (Å²) >= 11 is 3.60. The number of aliphatic hydroxyl groups excluding tert-OH is 1. The Morgan fingerprint density at radius 3 is 2.33 bits per heavy atom. The summed E-state index contributed by atoms with van der Waals surface area (Å²) in [4.78, 5) is 60.1. The molecule has 4 aliphatic rings. The lowest BCUT2D eigenvalue weighted by atomic mass is 9.74. The standard InChI is InChI=1S/C37H42BrN3O7/c1-22(2)40-18-12-6-11-17-28(43)39-23(3)31(25-15-9-5-10-16-25)47-36(46)29-30-34(44)41(26(21-42)19-24-13-7-4-8-14-24)33(35(40)45)37(30)20-27(38)32(29)48-37/h4-10,12-16,20,22-23,26,29-33,42H,11,17-19,21H2,1-3H3,(H,39,43)/b12-6-/t23-,26+,29+,30-,31+,32+,33+,37-/m0/s1. The number of carbonyl (C=O) groups excluding carboxylic acids is 4. The number of allylic oxidation sites excluding steroid dienone is 1. The molecule has 1 spiro atoms. The van der Waals surface area contributed by atoms with Crippen molar-refractivity contribution >= 4 is 39.6 Å². The summed E-state index contributed by atoms with van der Waals surface area (Å²) in [6.07, 6.45) is 4.76. The molecular formula is C37H42BrN3O7. The van der Waals surface area contributed by atoms with Gasteiger partial charge in [0.1, 0.15) is 29.8 Å². The highest BCUT2D eigenvalue weighted by Crippen LogP contribution is 2.59. The number of amides is 3. The van der Waals surface area contributed by atoms with Crippen LogP contribution in [0.25, 0.3) is 0 Å². The zero-order valence-electron chi connectivity index (χ0n) is 27.3. The molecule has 11 heteroatoms. The van der Waals surface area contributed by atoms with E-state index in [9.17, 15) is 24.3 Å². The fourth-order valence-corrected chi connectivity index (χ4v) is 8.41. The smallest absolute Gasteiger partial charge is 0.313 e. The molecule has 2 aromatic rings. The molecule has 2 saturated heterocycles. The van der Waals surface area contributed by atoms with Gasteiger partial charge in [0.25, 0.3) is 0 Å². The Balaban J connectivity index is 1.47. The van der Waals surface area contributed by atoms with E-state index in [-0.39, 0.29) is 30.8 Å². The predicted octanol–water partition coefficient (Wildman–Crippen LogP) is 3.84. The summed E-state index contributed by atoms with van der Waals surface area (Å²) in [5.74, 6) is -3.80. The van der Waals surface area contributed by atoms with Crippen LogP contribution in [-0.2, 0) is 35.1 Å². The summed E-state index contributed by atoms with van der Waals surface area (Å²) in [6, 6.07) is 15.9. The first-order valence-electron chi connectivity index (χ1n) is 16.6. The van der Waals surface area contributed by atoms with E-state index in [0.29, 0.717) is 22.9 Å². The minimum absolute atomic E-state index is 0.198. The fourth-order valence-electron chi connectivity index (χ4n) is 7.68. The number of cyclic esters (lactones) is 1. The molecule has 10 nitrogen and oxygen atoms in total. The molecule has 0 saturated carbocycles. The van der Waals surface area contributed by atoms with E-state index < -0.39 is 66.3 Å². The number of esters is 1. The van der Waals surface area contributed by atoms with Gasteiger partial charge in [-0.2, -0.15) is 0 Å². The SMILES string of the molecule is CC(C)N1C/C=C\CCC(=O)N[C@@H](C)[C@H](c2ccccc2)OC(=O)[C@H]2[C@@H]3O[C@@]4(C=C3Br)[C@@H]2C(=O)N([C@@H](CO)Cc2ccccc2)[C@@H]4C1=O. The van der Waals surface area contributed by atoms with Crippen molar-refractivity contribution in [3.63, 3.8) is 0 Å². The topological polar surface area (TPSA) is 125 Å². The first-order chi connectivity index (χ1) is 23.1. The van der Waals surface area contributed by atoms with Crippen molar-refractivity contribution in [2.45, 2.75) is 82.0 Å². The maximum Gasteiger partial charge on any atom is 0.313 e. The second-order valence-electron chi connectivity index (χ2n) is 13.3. The van der Waals surface area contributed by atoms with Gasteiger partial charge in [-0.25, -0.2) is 0 Å². The Morgan fingerprint density at radius 1 is 0.979 bits per heavy atom. The van der Waals surface area contributed by atoms with Gasteiger partial charge in [0, 0.05) is 23.5 Å². The Hall–Kier alpha value is -3.80. The maximum atomic E-state index is 14.8. The van der Waals surface area contributed by atoms with Crippen molar-refractivity contribution in [1.82, 2.24) is 15.1 Å². The second kappa shape index (κ2) is 14.0. The number of fused-ring (bicyclic) bond motifs is 2. The minimum Gasteiger partial charge on any atom is -0.455 e. The van der Waals surface area contributed by atoms with Gasteiger partial charge >= 0.3 is 5.97 Å². The Morgan fingerprint density at radius 2 is 1.67 bits per heavy atom. The van der Waals surface area contributed by atoms with Gasteiger partial charge in [-0.15, -0.1) is 0 Å². The van der Waals surface area contributed by atoms with Crippen molar-refractivity contribution in [2.75, 3.05) is 13.2 Å². The number of carbonyl (C=O) groups is 4. The lowest BCUT2D eigenvalue weighted by molar-refractivity contribution is -0.162. The lowest BCUT2D eigenvalue weighted by Crippen LogP contribution is -2.59. The third-order valence-corrected chi connectivity index (χ3v) is 10.6. The van der Waals surface area contributed by atoms with E-state index in [1.54, 1.807) is 17.9 Å². The van der Waals surface area contributed by atoms with Gasteiger partial charge in [-0.3, -0.25) is 19.2 Å². The molecule has 4 aliphatic heterocycles. The molecule has 48 heavy (non-hydrogen) atoms. The third-order valence-electron chi connectivity index (χ3n) is 9.92. The van der Waals surface area contributed by atoms with E-state index in [4.69, 9.17) is 9.47 Å². The second-order valence-corrected chi connectivity index (χ2v) is 14.2. The van der Waals surface area contributed by atoms with Crippen molar-refractivity contribution in [1.29, 1.82) is 0 Å². The number of nitrogens with zero attached hydrogens (tertiary/aromatic N) is 2. The minimum atomic E-state index is -1.47. The average molecular weight is 721 g/mol. The fraction of sp³-hybridized carbons (Fsp3) is 0.459. The maximum absolute atomic E-state index is 14.8. The number of rotatable bonds is 6. The molecule has 3 amide bonds. The Bertz CT molecular complexity index is 1600. The molecular weight excluding hydrogens is 678 g/mol. The van der Waals surface area contributed by atoms with Crippen LogP contribution in [0.15, 0.2) is 83.4 Å². The summed E-state index contributed by atoms with van der Waals surface area (Å²) in [5.41, 5.74) is 0.106. The predicted molar refractivity (Wildman–Crippen MR) is 181 cm³/mol. The van der Waals surface area contributed by atoms with Crippen LogP contribution >= 0.6 is 15.9 Å². The van der Waals surface area contributed by atoms with Gasteiger partial charge in [0.2, 0.25) is 17.7 Å². The van der Waals surface area contributed by atoms with Crippen LogP contribution in [0, 0.1) is 11.8 Å². The Labute approximate surface area is 289 Å². The molecule has 2 fully saturated rings. The van der Waals surface area contributed by atoms with E-state index in [2.05, 4.69) is 21.2 Å². The van der Waals surface area contributed by atoms with Crippen LogP contribution in [0.1, 0.15) is 50.8 Å². The van der Waals surface area contributed by atoms with Crippen LogP contribution in [0.4, 0.5) is 0 Å². The molecule has 2 aromatic carbocycles. The van der Waals surface area contributed by atoms with Crippen LogP contribution < -0.4 is 5.32 Å². The van der Waals surface area contributed by atoms with E-state index in [1.165, 1.54) is 4.90 Å². The molecule has 0 radical (unpaired) electrons. The molecule has 0 aliphatic carbocycles. The molecule has 254 valence electrons. The molecule has 8 atom stereocenters. The number of aliphatic hydroxyl groups is 1. The number of ether oxygens (including phenoxy) is 2. The van der Waals surface area contributed by atoms with Crippen LogP contribution in [0.3, 0.4) is 0 Å². The van der Waals surface area contributed by atoms with Crippen LogP contribution in [-0.4, -0.2) is 87.6 Å². The van der Waals surface area contributed by atoms with Gasteiger partial charge in [-0.05, 0) is 50.8 Å². The molecule has 2 N–H and O–H groups in total. The number of nitrogens with one attached hydrogen (secondary N) is 1. The normalized spacial score (nSPS) is 32.2. The third kappa shape index (κ3) is 6.12. The summed E-state index contributed by atoms with van der Waals surface area (Å²) < 4.78 is 13.4. The zero-order chi connectivity index (χ0) is 34.2. The van der Waals surface area contributed by atoms with E-state index >= 15 is 0 Å². The average Bonchev–Trinajstić information content (AvgIpc) is 3.67. The first-order valence-corrected chi connectivity index (χ1v) is 17.4. The van der Waals surface area contributed by atoms with Crippen molar-refractivity contribution in [3.05, 3.63) is 94.5 Å². The quantitative estimate of drug-likeness (QED) is 0.344. The van der Waals surface area contributed by atoms with Crippen molar-refractivity contribution in [3.8, 4) is 0 Å². The number of likely N-dealkylation sites (tertiary alicyclic amines) is 1. The molecule has 6 rings (SSSR count). The molecule has 4 heterocycles. The lowest BCUT2D eigenvalue weighted by Gasteiger charge is -2.40. The van der Waals surface area contributed by atoms with Gasteiger partial charge < -0.3 is 29.7 Å². The number of halogens is 1. The van der Waals surface area contributed by atoms with Gasteiger partial charge in [0.05, 0.1) is 24.6 Å². The molecule has 0 aromatic heterocycles. The molecule has 5 bridgehead atoms. The van der Waals surface area contributed by atoms with Crippen molar-refractivity contribution in [2.24, 2.45) is 11.8 Å². The first kappa shape index (κ1) is 34.1. The monoisotopic (exact) mass is 719 g/mol. The van der Waals surface area contributed by atoms with E-state index in [1.807, 2.05) is 86.7 Å². The Kier molecular flexibility index (Phi) is 9.92. The number of benzene rings is 2. The van der Waals surface area contributed by atoms with Crippen LogP contribution in [0.2, 0.25) is 0 Å². The van der Waals surface area contributed by atoms with Crippen LogP contribution in [0.5, 0.6) is 0 Å². The zero-order valence-corrected chi connectivity index (χ0v) is 28.9. The van der Waals surface area contributed by atoms with Gasteiger partial charge in [-0.1, -0.05) is 88.7 Å². The summed E-state index contributed by atoms with van der Waals surface area (Å²) in [6.45, 7) is 5.43. The number of hydrogen-bond donors (Lipinski definition) is 2.